The predicted molar refractivity (Wildman–Crippen MR) is 101 cm³/mol. The SMILES string of the molecule is CCOc1ccc(Nc2ccnc(NCc3ccccc3C)n2)cc1. The summed E-state index contributed by atoms with van der Waals surface area (Å²) in [6.45, 7) is 5.42. The second-order valence-electron chi connectivity index (χ2n) is 5.63. The summed E-state index contributed by atoms with van der Waals surface area (Å²) in [5.41, 5.74) is 3.43. The average Bonchev–Trinajstić information content (AvgIpc) is 2.63. The van der Waals surface area contributed by atoms with Gasteiger partial charge in [-0.25, -0.2) is 4.98 Å². The third kappa shape index (κ3) is 4.70. The number of aromatic nitrogens is 2. The van der Waals surface area contributed by atoms with Crippen LogP contribution in [-0.4, -0.2) is 16.6 Å². The lowest BCUT2D eigenvalue weighted by molar-refractivity contribution is 0.340. The Bertz CT molecular complexity index is 818. The van der Waals surface area contributed by atoms with E-state index in [0.29, 0.717) is 19.1 Å². The first kappa shape index (κ1) is 16.8. The Morgan fingerprint density at radius 3 is 2.56 bits per heavy atom. The highest BCUT2D eigenvalue weighted by molar-refractivity contribution is 5.57. The molecule has 0 saturated heterocycles. The van der Waals surface area contributed by atoms with Gasteiger partial charge >= 0.3 is 0 Å². The molecule has 3 aromatic rings. The monoisotopic (exact) mass is 334 g/mol. The molecule has 0 saturated carbocycles. The number of nitrogens with one attached hydrogen (secondary N) is 2. The minimum atomic E-state index is 0.596. The van der Waals surface area contributed by atoms with Crippen LogP contribution in [0.1, 0.15) is 18.1 Å². The summed E-state index contributed by atoms with van der Waals surface area (Å²) in [5.74, 6) is 2.20. The molecule has 1 heterocycles. The average molecular weight is 334 g/mol. The zero-order valence-corrected chi connectivity index (χ0v) is 14.5. The van der Waals surface area contributed by atoms with E-state index in [2.05, 4.69) is 39.7 Å². The van der Waals surface area contributed by atoms with Crippen molar-refractivity contribution in [1.82, 2.24) is 9.97 Å². The second-order valence-corrected chi connectivity index (χ2v) is 5.63. The van der Waals surface area contributed by atoms with Gasteiger partial charge in [-0.3, -0.25) is 0 Å². The van der Waals surface area contributed by atoms with Crippen molar-refractivity contribution in [2.45, 2.75) is 20.4 Å². The van der Waals surface area contributed by atoms with Gasteiger partial charge in [0.1, 0.15) is 11.6 Å². The molecule has 0 amide bonds. The van der Waals surface area contributed by atoms with Gasteiger partial charge in [0.15, 0.2) is 0 Å². The van der Waals surface area contributed by atoms with E-state index in [1.54, 1.807) is 6.20 Å². The maximum Gasteiger partial charge on any atom is 0.224 e. The van der Waals surface area contributed by atoms with Crippen molar-refractivity contribution in [2.24, 2.45) is 0 Å². The Labute approximate surface area is 148 Å². The van der Waals surface area contributed by atoms with Crippen molar-refractivity contribution in [1.29, 1.82) is 0 Å². The molecule has 0 bridgehead atoms. The summed E-state index contributed by atoms with van der Waals surface area (Å²) in [6, 6.07) is 17.9. The molecule has 0 aliphatic carbocycles. The van der Waals surface area contributed by atoms with Crippen LogP contribution in [0.3, 0.4) is 0 Å². The normalized spacial score (nSPS) is 10.3. The van der Waals surface area contributed by atoms with Crippen molar-refractivity contribution < 1.29 is 4.74 Å². The highest BCUT2D eigenvalue weighted by atomic mass is 16.5. The zero-order chi connectivity index (χ0) is 17.5. The van der Waals surface area contributed by atoms with E-state index in [4.69, 9.17) is 4.74 Å². The molecule has 0 atom stereocenters. The molecule has 0 fully saturated rings. The second kappa shape index (κ2) is 8.15. The number of hydrogen-bond donors (Lipinski definition) is 2. The van der Waals surface area contributed by atoms with Gasteiger partial charge in [0, 0.05) is 18.4 Å². The van der Waals surface area contributed by atoms with E-state index in [1.165, 1.54) is 11.1 Å². The van der Waals surface area contributed by atoms with Crippen molar-refractivity contribution in [3.8, 4) is 5.75 Å². The van der Waals surface area contributed by atoms with Crippen molar-refractivity contribution in [2.75, 3.05) is 17.2 Å². The van der Waals surface area contributed by atoms with E-state index in [-0.39, 0.29) is 0 Å². The first-order chi connectivity index (χ1) is 12.2. The van der Waals surface area contributed by atoms with Crippen LogP contribution in [0.15, 0.2) is 60.8 Å². The maximum atomic E-state index is 5.45. The van der Waals surface area contributed by atoms with Gasteiger partial charge in [0.2, 0.25) is 5.95 Å². The Kier molecular flexibility index (Phi) is 5.46. The molecule has 0 unspecified atom stereocenters. The lowest BCUT2D eigenvalue weighted by atomic mass is 10.1. The fourth-order valence-electron chi connectivity index (χ4n) is 2.45. The molecule has 1 aromatic heterocycles. The minimum absolute atomic E-state index is 0.596. The molecular formula is C20H22N4O. The Balaban J connectivity index is 1.64. The smallest absolute Gasteiger partial charge is 0.224 e. The van der Waals surface area contributed by atoms with E-state index in [1.807, 2.05) is 49.4 Å². The number of hydrogen-bond acceptors (Lipinski definition) is 5. The molecule has 128 valence electrons. The summed E-state index contributed by atoms with van der Waals surface area (Å²) >= 11 is 0. The number of nitrogens with zero attached hydrogens (tertiary/aromatic N) is 2. The van der Waals surface area contributed by atoms with E-state index in [9.17, 15) is 0 Å². The van der Waals surface area contributed by atoms with Gasteiger partial charge in [-0.05, 0) is 55.3 Å². The summed E-state index contributed by atoms with van der Waals surface area (Å²) in [7, 11) is 0. The topological polar surface area (TPSA) is 59.1 Å². The van der Waals surface area contributed by atoms with Crippen LogP contribution in [-0.2, 0) is 6.54 Å². The van der Waals surface area contributed by atoms with Gasteiger partial charge in [-0.2, -0.15) is 4.98 Å². The van der Waals surface area contributed by atoms with Crippen LogP contribution >= 0.6 is 0 Å². The first-order valence-electron chi connectivity index (χ1n) is 8.36. The number of benzene rings is 2. The number of aryl methyl sites for hydroxylation is 1. The van der Waals surface area contributed by atoms with Crippen LogP contribution in [0.4, 0.5) is 17.5 Å². The van der Waals surface area contributed by atoms with Gasteiger partial charge in [0.05, 0.1) is 6.61 Å². The maximum absolute atomic E-state index is 5.45. The standard InChI is InChI=1S/C20H22N4O/c1-3-25-18-10-8-17(9-11-18)23-19-12-13-21-20(24-19)22-14-16-7-5-4-6-15(16)2/h4-13H,3,14H2,1-2H3,(H2,21,22,23,24). The number of rotatable bonds is 7. The van der Waals surface area contributed by atoms with Crippen molar-refractivity contribution in [3.05, 3.63) is 71.9 Å². The van der Waals surface area contributed by atoms with Crippen molar-refractivity contribution >= 4 is 17.5 Å². The zero-order valence-electron chi connectivity index (χ0n) is 14.5. The summed E-state index contributed by atoms with van der Waals surface area (Å²) in [6.07, 6.45) is 1.74. The lowest BCUT2D eigenvalue weighted by Gasteiger charge is -2.10. The summed E-state index contributed by atoms with van der Waals surface area (Å²) in [4.78, 5) is 8.79. The van der Waals surface area contributed by atoms with E-state index in [0.717, 1.165) is 17.3 Å². The van der Waals surface area contributed by atoms with Crippen LogP contribution in [0.2, 0.25) is 0 Å². The highest BCUT2D eigenvalue weighted by Crippen LogP contribution is 2.19. The summed E-state index contributed by atoms with van der Waals surface area (Å²) < 4.78 is 5.45. The molecule has 0 aliphatic heterocycles. The molecule has 2 aromatic carbocycles. The molecule has 5 heteroatoms. The largest absolute Gasteiger partial charge is 0.494 e. The van der Waals surface area contributed by atoms with Crippen LogP contribution < -0.4 is 15.4 Å². The third-order valence-electron chi connectivity index (χ3n) is 3.79. The van der Waals surface area contributed by atoms with Gasteiger partial charge < -0.3 is 15.4 Å². The van der Waals surface area contributed by atoms with Gasteiger partial charge in [-0.1, -0.05) is 24.3 Å². The van der Waals surface area contributed by atoms with Crippen LogP contribution in [0.5, 0.6) is 5.75 Å². The number of ether oxygens (including phenoxy) is 1. The molecule has 0 radical (unpaired) electrons. The fourth-order valence-corrected chi connectivity index (χ4v) is 2.45. The molecule has 2 N–H and O–H groups in total. The van der Waals surface area contributed by atoms with E-state index < -0.39 is 0 Å². The van der Waals surface area contributed by atoms with Gasteiger partial charge in [0.25, 0.3) is 0 Å². The van der Waals surface area contributed by atoms with Crippen molar-refractivity contribution in [3.63, 3.8) is 0 Å². The van der Waals surface area contributed by atoms with E-state index >= 15 is 0 Å². The Morgan fingerprint density at radius 2 is 1.80 bits per heavy atom. The Morgan fingerprint density at radius 1 is 1.00 bits per heavy atom. The molecule has 25 heavy (non-hydrogen) atoms. The molecule has 5 nitrogen and oxygen atoms in total. The molecule has 0 aliphatic rings. The quantitative estimate of drug-likeness (QED) is 0.664. The van der Waals surface area contributed by atoms with Gasteiger partial charge in [-0.15, -0.1) is 0 Å². The molecule has 3 rings (SSSR count). The van der Waals surface area contributed by atoms with Crippen LogP contribution in [0.25, 0.3) is 0 Å². The lowest BCUT2D eigenvalue weighted by Crippen LogP contribution is -2.05. The third-order valence-corrected chi connectivity index (χ3v) is 3.79. The van der Waals surface area contributed by atoms with Crippen LogP contribution in [0, 0.1) is 6.92 Å². The summed E-state index contributed by atoms with van der Waals surface area (Å²) in [5, 5.41) is 6.55. The predicted octanol–water partition coefficient (Wildman–Crippen LogP) is 4.54. The fraction of sp³-hybridized carbons (Fsp3) is 0.200. The minimum Gasteiger partial charge on any atom is -0.494 e. The number of anilines is 3. The molecule has 0 spiro atoms. The highest BCUT2D eigenvalue weighted by Gasteiger charge is 2.02. The Hall–Kier alpha value is -3.08. The molecular weight excluding hydrogens is 312 g/mol. The first-order valence-corrected chi connectivity index (χ1v) is 8.36.